The number of thiophene rings is 1. The molecule has 5 nitrogen and oxygen atoms in total. The summed E-state index contributed by atoms with van der Waals surface area (Å²) in [6.45, 7) is 2.40. The lowest BCUT2D eigenvalue weighted by Gasteiger charge is -2.30. The first kappa shape index (κ1) is 15.0. The highest BCUT2D eigenvalue weighted by atomic mass is 79.9. The number of piperidine rings is 1. The number of sulfonamides is 1. The van der Waals surface area contributed by atoms with Crippen LogP contribution in [0.15, 0.2) is 14.7 Å². The lowest BCUT2D eigenvalue weighted by atomic mass is 9.99. The fourth-order valence-corrected chi connectivity index (χ4v) is 6.13. The Labute approximate surface area is 125 Å². The minimum absolute atomic E-state index is 0.185. The van der Waals surface area contributed by atoms with E-state index in [-0.39, 0.29) is 12.5 Å². The van der Waals surface area contributed by atoms with Gasteiger partial charge in [-0.1, -0.05) is 0 Å². The Bertz CT molecular complexity index is 597. The Morgan fingerprint density at radius 2 is 2.26 bits per heavy atom. The van der Waals surface area contributed by atoms with Crippen LogP contribution in [0.2, 0.25) is 0 Å². The Morgan fingerprint density at radius 3 is 2.79 bits per heavy atom. The monoisotopic (exact) mass is 366 g/mol. The van der Waals surface area contributed by atoms with Gasteiger partial charge in [0.05, 0.1) is 14.6 Å². The number of nitrogens with zero attached hydrogens (tertiary/aromatic N) is 1. The molecule has 8 heteroatoms. The summed E-state index contributed by atoms with van der Waals surface area (Å²) >= 11 is 4.68. The van der Waals surface area contributed by atoms with E-state index in [1.165, 1.54) is 15.6 Å². The van der Waals surface area contributed by atoms with E-state index in [0.717, 1.165) is 8.66 Å². The van der Waals surface area contributed by atoms with Gasteiger partial charge in [0.1, 0.15) is 0 Å². The second-order valence-electron chi connectivity index (χ2n) is 4.58. The summed E-state index contributed by atoms with van der Waals surface area (Å²) in [4.78, 5) is 12.3. The first-order chi connectivity index (χ1) is 8.82. The fraction of sp³-hybridized carbons (Fsp3) is 0.545. The molecule has 1 amide bonds. The number of hydrogen-bond acceptors (Lipinski definition) is 4. The molecule has 2 N–H and O–H groups in total. The quantitative estimate of drug-likeness (QED) is 0.883. The molecular weight excluding hydrogens is 352 g/mol. The van der Waals surface area contributed by atoms with Gasteiger partial charge in [-0.05, 0) is 41.8 Å². The number of carbonyl (C=O) groups excluding carboxylic acids is 1. The second-order valence-corrected chi connectivity index (χ2v) is 9.12. The van der Waals surface area contributed by atoms with Crippen LogP contribution in [-0.4, -0.2) is 31.7 Å². The third-order valence-corrected chi connectivity index (χ3v) is 6.92. The van der Waals surface area contributed by atoms with E-state index in [2.05, 4.69) is 15.9 Å². The summed E-state index contributed by atoms with van der Waals surface area (Å²) in [6.07, 6.45) is 1.32. The van der Waals surface area contributed by atoms with E-state index in [4.69, 9.17) is 5.73 Å². The molecule has 2 rings (SSSR count). The molecule has 19 heavy (non-hydrogen) atoms. The molecule has 0 spiro atoms. The van der Waals surface area contributed by atoms with Crippen molar-refractivity contribution in [2.45, 2.75) is 24.7 Å². The van der Waals surface area contributed by atoms with Crippen LogP contribution in [0, 0.1) is 12.8 Å². The summed E-state index contributed by atoms with van der Waals surface area (Å²) in [7, 11) is -3.53. The molecule has 106 valence electrons. The number of carbonyl (C=O) groups is 1. The Morgan fingerprint density at radius 1 is 1.58 bits per heavy atom. The molecule has 1 saturated heterocycles. The fourth-order valence-electron chi connectivity index (χ4n) is 2.22. The lowest BCUT2D eigenvalue weighted by molar-refractivity contribution is -0.122. The van der Waals surface area contributed by atoms with Crippen LogP contribution in [0.3, 0.4) is 0 Å². The van der Waals surface area contributed by atoms with Crippen LogP contribution in [0.4, 0.5) is 0 Å². The molecule has 1 fully saturated rings. The molecule has 0 aromatic carbocycles. The number of halogens is 1. The standard InChI is InChI=1S/C11H15BrN2O3S2/c1-7-9(5-10(12)18-7)19(16,17)14-4-2-3-8(6-14)11(13)15/h5,8H,2-4,6H2,1H3,(H2,13,15). The van der Waals surface area contributed by atoms with Crippen LogP contribution in [-0.2, 0) is 14.8 Å². The summed E-state index contributed by atoms with van der Waals surface area (Å²) in [6, 6.07) is 1.61. The number of rotatable bonds is 3. The highest BCUT2D eigenvalue weighted by Gasteiger charge is 2.33. The van der Waals surface area contributed by atoms with Crippen molar-refractivity contribution in [1.29, 1.82) is 0 Å². The minimum atomic E-state index is -3.53. The van der Waals surface area contributed by atoms with Gasteiger partial charge in [-0.15, -0.1) is 11.3 Å². The van der Waals surface area contributed by atoms with Gasteiger partial charge in [0.15, 0.2) is 0 Å². The van der Waals surface area contributed by atoms with E-state index >= 15 is 0 Å². The Hall–Kier alpha value is -0.440. The van der Waals surface area contributed by atoms with E-state index in [1.807, 2.05) is 0 Å². The SMILES string of the molecule is Cc1sc(Br)cc1S(=O)(=O)N1CCCC(C(N)=O)C1. The van der Waals surface area contributed by atoms with Gasteiger partial charge in [0, 0.05) is 18.0 Å². The van der Waals surface area contributed by atoms with Crippen LogP contribution >= 0.6 is 27.3 Å². The Balaban J connectivity index is 2.29. The van der Waals surface area contributed by atoms with Crippen molar-refractivity contribution in [1.82, 2.24) is 4.31 Å². The highest BCUT2D eigenvalue weighted by molar-refractivity contribution is 9.11. The van der Waals surface area contributed by atoms with Crippen molar-refractivity contribution in [2.75, 3.05) is 13.1 Å². The van der Waals surface area contributed by atoms with Crippen molar-refractivity contribution in [3.63, 3.8) is 0 Å². The van der Waals surface area contributed by atoms with Gasteiger partial charge in [-0.3, -0.25) is 4.79 Å². The largest absolute Gasteiger partial charge is 0.369 e. The molecule has 0 saturated carbocycles. The number of hydrogen-bond donors (Lipinski definition) is 1. The number of aryl methyl sites for hydroxylation is 1. The van der Waals surface area contributed by atoms with Gasteiger partial charge in [0.2, 0.25) is 15.9 Å². The molecular formula is C11H15BrN2O3S2. The van der Waals surface area contributed by atoms with Gasteiger partial charge in [-0.25, -0.2) is 8.42 Å². The van der Waals surface area contributed by atoms with Crippen LogP contribution in [0.25, 0.3) is 0 Å². The van der Waals surface area contributed by atoms with Crippen molar-refractivity contribution in [3.8, 4) is 0 Å². The zero-order valence-electron chi connectivity index (χ0n) is 10.4. The van der Waals surface area contributed by atoms with Crippen LogP contribution in [0.5, 0.6) is 0 Å². The number of primary amides is 1. The molecule has 0 radical (unpaired) electrons. The van der Waals surface area contributed by atoms with Gasteiger partial charge in [0.25, 0.3) is 0 Å². The third kappa shape index (κ3) is 3.01. The number of amides is 1. The second kappa shape index (κ2) is 5.51. The summed E-state index contributed by atoms with van der Waals surface area (Å²) in [5, 5.41) is 0. The molecule has 1 aromatic heterocycles. The zero-order chi connectivity index (χ0) is 14.2. The van der Waals surface area contributed by atoms with E-state index in [9.17, 15) is 13.2 Å². The van der Waals surface area contributed by atoms with Crippen molar-refractivity contribution in [3.05, 3.63) is 14.7 Å². The average molecular weight is 367 g/mol. The van der Waals surface area contributed by atoms with E-state index in [1.54, 1.807) is 13.0 Å². The van der Waals surface area contributed by atoms with Crippen LogP contribution in [0.1, 0.15) is 17.7 Å². The van der Waals surface area contributed by atoms with E-state index < -0.39 is 15.9 Å². The first-order valence-electron chi connectivity index (χ1n) is 5.88. The molecule has 2 heterocycles. The molecule has 1 aliphatic heterocycles. The normalized spacial score (nSPS) is 21.5. The summed E-state index contributed by atoms with van der Waals surface area (Å²) < 4.78 is 27.3. The van der Waals surface area contributed by atoms with Crippen molar-refractivity contribution >= 4 is 43.2 Å². The Kier molecular flexibility index (Phi) is 4.34. The topological polar surface area (TPSA) is 80.5 Å². The third-order valence-electron chi connectivity index (χ3n) is 3.25. The maximum absolute atomic E-state index is 12.5. The maximum Gasteiger partial charge on any atom is 0.244 e. The van der Waals surface area contributed by atoms with Crippen LogP contribution < -0.4 is 5.73 Å². The molecule has 0 aliphatic carbocycles. The zero-order valence-corrected chi connectivity index (χ0v) is 13.6. The van der Waals surface area contributed by atoms with Gasteiger partial charge < -0.3 is 5.73 Å². The predicted molar refractivity (Wildman–Crippen MR) is 77.4 cm³/mol. The molecule has 1 aromatic rings. The highest BCUT2D eigenvalue weighted by Crippen LogP contribution is 2.33. The molecule has 1 aliphatic rings. The smallest absolute Gasteiger partial charge is 0.244 e. The molecule has 0 bridgehead atoms. The minimum Gasteiger partial charge on any atom is -0.369 e. The molecule has 1 atom stereocenters. The van der Waals surface area contributed by atoms with Crippen molar-refractivity contribution in [2.24, 2.45) is 11.7 Å². The predicted octanol–water partition coefficient (Wildman–Crippen LogP) is 1.71. The summed E-state index contributed by atoms with van der Waals surface area (Å²) in [5.41, 5.74) is 5.28. The first-order valence-corrected chi connectivity index (χ1v) is 8.92. The average Bonchev–Trinajstić information content (AvgIpc) is 2.69. The van der Waals surface area contributed by atoms with Gasteiger partial charge >= 0.3 is 0 Å². The van der Waals surface area contributed by atoms with E-state index in [0.29, 0.717) is 24.3 Å². The lowest BCUT2D eigenvalue weighted by Crippen LogP contribution is -2.44. The van der Waals surface area contributed by atoms with Crippen molar-refractivity contribution < 1.29 is 13.2 Å². The maximum atomic E-state index is 12.5. The number of nitrogens with two attached hydrogens (primary N) is 1. The molecule has 1 unspecified atom stereocenters. The van der Waals surface area contributed by atoms with Gasteiger partial charge in [-0.2, -0.15) is 4.31 Å². The summed E-state index contributed by atoms with van der Waals surface area (Å²) in [5.74, 6) is -0.811.